The predicted octanol–water partition coefficient (Wildman–Crippen LogP) is 2.89. The predicted molar refractivity (Wildman–Crippen MR) is 70.2 cm³/mol. The zero-order valence-corrected chi connectivity index (χ0v) is 11.0. The summed E-state index contributed by atoms with van der Waals surface area (Å²) >= 11 is 5.99. The number of halogens is 1. The lowest BCUT2D eigenvalue weighted by Crippen LogP contribution is -2.03. The molecule has 0 radical (unpaired) electrons. The van der Waals surface area contributed by atoms with E-state index in [1.54, 1.807) is 30.3 Å². The number of aryl methyl sites for hydroxylation is 1. The van der Waals surface area contributed by atoms with E-state index < -0.39 is 0 Å². The summed E-state index contributed by atoms with van der Waals surface area (Å²) in [5.41, 5.74) is 0.773. The van der Waals surface area contributed by atoms with Gasteiger partial charge in [-0.25, -0.2) is 0 Å². The lowest BCUT2D eigenvalue weighted by molar-refractivity contribution is 0.416. The van der Waals surface area contributed by atoms with Crippen molar-refractivity contribution in [1.82, 2.24) is 0 Å². The number of ether oxygens (including phenoxy) is 1. The van der Waals surface area contributed by atoms with Gasteiger partial charge in [0.05, 0.1) is 12.8 Å². The van der Waals surface area contributed by atoms with Gasteiger partial charge in [-0.2, -0.15) is 15.8 Å². The standard InChI is InChI=1S/C13H9ClN4O/c1-8-3-13(19-2)11(4-10(8)14)18-12(7-17)9(5-15)6-16/h3-4,18H,1-2H3. The van der Waals surface area contributed by atoms with Gasteiger partial charge in [-0.3, -0.25) is 0 Å². The first-order chi connectivity index (χ1) is 9.07. The fourth-order valence-corrected chi connectivity index (χ4v) is 1.50. The van der Waals surface area contributed by atoms with Gasteiger partial charge in [0.15, 0.2) is 5.57 Å². The Hall–Kier alpha value is -2.68. The number of hydrogen-bond donors (Lipinski definition) is 1. The molecule has 0 aliphatic carbocycles. The van der Waals surface area contributed by atoms with E-state index in [-0.39, 0.29) is 11.3 Å². The molecule has 5 nitrogen and oxygen atoms in total. The number of allylic oxidation sites excluding steroid dienone is 2. The SMILES string of the molecule is COc1cc(C)c(Cl)cc1NC(C#N)=C(C#N)C#N. The highest BCUT2D eigenvalue weighted by molar-refractivity contribution is 6.31. The first-order valence-electron chi connectivity index (χ1n) is 5.13. The van der Waals surface area contributed by atoms with Gasteiger partial charge in [-0.1, -0.05) is 11.6 Å². The summed E-state index contributed by atoms with van der Waals surface area (Å²) in [6, 6.07) is 8.32. The van der Waals surface area contributed by atoms with Crippen molar-refractivity contribution >= 4 is 17.3 Å². The quantitative estimate of drug-likeness (QED) is 0.854. The molecule has 0 aliphatic heterocycles. The number of nitrogens with zero attached hydrogens (tertiary/aromatic N) is 3. The van der Waals surface area contributed by atoms with Crippen molar-refractivity contribution in [2.75, 3.05) is 12.4 Å². The summed E-state index contributed by atoms with van der Waals surface area (Å²) in [6.07, 6.45) is 0. The van der Waals surface area contributed by atoms with Crippen molar-refractivity contribution in [3.05, 3.63) is 34.0 Å². The van der Waals surface area contributed by atoms with Crippen LogP contribution in [0.15, 0.2) is 23.4 Å². The summed E-state index contributed by atoms with van der Waals surface area (Å²) in [6.45, 7) is 1.81. The molecule has 19 heavy (non-hydrogen) atoms. The van der Waals surface area contributed by atoms with Crippen molar-refractivity contribution < 1.29 is 4.74 Å². The van der Waals surface area contributed by atoms with E-state index in [1.807, 2.05) is 6.92 Å². The molecule has 1 aromatic rings. The van der Waals surface area contributed by atoms with Gasteiger partial charge in [0.2, 0.25) is 0 Å². The van der Waals surface area contributed by atoms with Gasteiger partial charge < -0.3 is 10.1 Å². The molecule has 1 rings (SSSR count). The molecule has 0 spiro atoms. The summed E-state index contributed by atoms with van der Waals surface area (Å²) < 4.78 is 5.15. The maximum absolute atomic E-state index is 8.96. The zero-order valence-electron chi connectivity index (χ0n) is 10.3. The van der Waals surface area contributed by atoms with Gasteiger partial charge in [-0.05, 0) is 24.6 Å². The topological polar surface area (TPSA) is 92.6 Å². The highest BCUT2D eigenvalue weighted by Gasteiger charge is 2.11. The van der Waals surface area contributed by atoms with E-state index in [2.05, 4.69) is 5.32 Å². The fraction of sp³-hybridized carbons (Fsp3) is 0.154. The Bertz CT molecular complexity index is 643. The zero-order chi connectivity index (χ0) is 14.4. The number of benzene rings is 1. The molecule has 0 fully saturated rings. The summed E-state index contributed by atoms with van der Waals surface area (Å²) in [5.74, 6) is 0.463. The minimum absolute atomic E-state index is 0.150. The van der Waals surface area contributed by atoms with Crippen molar-refractivity contribution in [2.24, 2.45) is 0 Å². The van der Waals surface area contributed by atoms with Gasteiger partial charge in [0.1, 0.15) is 29.7 Å². The van der Waals surface area contributed by atoms with Crippen LogP contribution in [-0.2, 0) is 0 Å². The van der Waals surface area contributed by atoms with Crippen LogP contribution in [0, 0.1) is 40.9 Å². The molecular weight excluding hydrogens is 264 g/mol. The number of methoxy groups -OCH3 is 1. The average molecular weight is 273 g/mol. The number of anilines is 1. The minimum atomic E-state index is -0.304. The number of nitrogens with one attached hydrogen (secondary N) is 1. The third-order valence-electron chi connectivity index (χ3n) is 2.33. The Morgan fingerprint density at radius 2 is 1.84 bits per heavy atom. The number of hydrogen-bond acceptors (Lipinski definition) is 5. The Labute approximate surface area is 115 Å². The van der Waals surface area contributed by atoms with Crippen LogP contribution >= 0.6 is 11.6 Å². The molecule has 0 saturated carbocycles. The van der Waals surface area contributed by atoms with Gasteiger partial charge in [-0.15, -0.1) is 0 Å². The van der Waals surface area contributed by atoms with Crippen molar-refractivity contribution in [2.45, 2.75) is 6.92 Å². The van der Waals surface area contributed by atoms with Crippen LogP contribution in [0.1, 0.15) is 5.56 Å². The van der Waals surface area contributed by atoms with E-state index in [4.69, 9.17) is 32.1 Å². The van der Waals surface area contributed by atoms with Gasteiger partial charge >= 0.3 is 0 Å². The molecular formula is C13H9ClN4O. The summed E-state index contributed by atoms with van der Waals surface area (Å²) in [4.78, 5) is 0. The second-order valence-corrected chi connectivity index (χ2v) is 3.92. The van der Waals surface area contributed by atoms with E-state index in [0.29, 0.717) is 16.5 Å². The van der Waals surface area contributed by atoms with Crippen LogP contribution in [-0.4, -0.2) is 7.11 Å². The smallest absolute Gasteiger partial charge is 0.163 e. The highest BCUT2D eigenvalue weighted by Crippen LogP contribution is 2.31. The first-order valence-corrected chi connectivity index (χ1v) is 5.50. The molecule has 94 valence electrons. The third kappa shape index (κ3) is 3.16. The molecule has 0 saturated heterocycles. The first kappa shape index (κ1) is 14.4. The van der Waals surface area contributed by atoms with E-state index in [1.165, 1.54) is 7.11 Å². The molecule has 0 aliphatic rings. The minimum Gasteiger partial charge on any atom is -0.495 e. The van der Waals surface area contributed by atoms with Crippen LogP contribution < -0.4 is 10.1 Å². The molecule has 0 aromatic heterocycles. The monoisotopic (exact) mass is 272 g/mol. The molecule has 0 heterocycles. The van der Waals surface area contributed by atoms with Crippen LogP contribution in [0.3, 0.4) is 0 Å². The maximum Gasteiger partial charge on any atom is 0.163 e. The largest absolute Gasteiger partial charge is 0.495 e. The van der Waals surface area contributed by atoms with Crippen molar-refractivity contribution in [1.29, 1.82) is 15.8 Å². The molecule has 0 atom stereocenters. The lowest BCUT2D eigenvalue weighted by Gasteiger charge is -2.12. The van der Waals surface area contributed by atoms with Crippen molar-refractivity contribution in [3.63, 3.8) is 0 Å². The van der Waals surface area contributed by atoms with Crippen LogP contribution in [0.4, 0.5) is 5.69 Å². The molecule has 6 heteroatoms. The second kappa shape index (κ2) is 6.31. The average Bonchev–Trinajstić information content (AvgIpc) is 2.42. The molecule has 0 amide bonds. The Kier molecular flexibility index (Phi) is 4.77. The van der Waals surface area contributed by atoms with Crippen LogP contribution in [0.5, 0.6) is 5.75 Å². The third-order valence-corrected chi connectivity index (χ3v) is 2.73. The normalized spacial score (nSPS) is 8.63. The number of rotatable bonds is 3. The van der Waals surface area contributed by atoms with Crippen LogP contribution in [0.2, 0.25) is 5.02 Å². The highest BCUT2D eigenvalue weighted by atomic mass is 35.5. The molecule has 1 aromatic carbocycles. The lowest BCUT2D eigenvalue weighted by atomic mass is 10.2. The Balaban J connectivity index is 3.31. The van der Waals surface area contributed by atoms with Gasteiger partial charge in [0, 0.05) is 5.02 Å². The Morgan fingerprint density at radius 1 is 1.21 bits per heavy atom. The van der Waals surface area contributed by atoms with E-state index in [0.717, 1.165) is 5.56 Å². The fourth-order valence-electron chi connectivity index (χ4n) is 1.34. The second-order valence-electron chi connectivity index (χ2n) is 3.51. The Morgan fingerprint density at radius 3 is 2.32 bits per heavy atom. The summed E-state index contributed by atoms with van der Waals surface area (Å²) in [7, 11) is 1.47. The van der Waals surface area contributed by atoms with E-state index in [9.17, 15) is 0 Å². The maximum atomic E-state index is 8.96. The number of nitriles is 3. The van der Waals surface area contributed by atoms with Gasteiger partial charge in [0.25, 0.3) is 0 Å². The van der Waals surface area contributed by atoms with E-state index >= 15 is 0 Å². The van der Waals surface area contributed by atoms with Crippen LogP contribution in [0.25, 0.3) is 0 Å². The molecule has 0 unspecified atom stereocenters. The molecule has 0 bridgehead atoms. The summed E-state index contributed by atoms with van der Waals surface area (Å²) in [5, 5.41) is 29.6. The van der Waals surface area contributed by atoms with Crippen molar-refractivity contribution in [3.8, 4) is 24.0 Å². The molecule has 1 N–H and O–H groups in total.